The summed E-state index contributed by atoms with van der Waals surface area (Å²) < 4.78 is 15.2. The Labute approximate surface area is 130 Å². The van der Waals surface area contributed by atoms with Crippen molar-refractivity contribution in [3.8, 4) is 0 Å². The molecular formula is C17H13FN4O. The molecule has 114 valence electrons. The highest BCUT2D eigenvalue weighted by molar-refractivity contribution is 5.78. The van der Waals surface area contributed by atoms with Crippen molar-refractivity contribution < 1.29 is 4.39 Å². The Balaban J connectivity index is 1.85. The van der Waals surface area contributed by atoms with Crippen molar-refractivity contribution in [1.29, 1.82) is 0 Å². The van der Waals surface area contributed by atoms with E-state index in [1.165, 1.54) is 18.2 Å². The van der Waals surface area contributed by atoms with Gasteiger partial charge in [0.15, 0.2) is 0 Å². The molecule has 0 amide bonds. The fraction of sp³-hybridized carbons (Fsp3) is 0.118. The van der Waals surface area contributed by atoms with Gasteiger partial charge >= 0.3 is 0 Å². The molecule has 23 heavy (non-hydrogen) atoms. The van der Waals surface area contributed by atoms with E-state index in [2.05, 4.69) is 15.0 Å². The maximum atomic E-state index is 13.3. The Bertz CT molecular complexity index is 1100. The van der Waals surface area contributed by atoms with Gasteiger partial charge in [-0.25, -0.2) is 14.4 Å². The molecule has 0 fully saturated rings. The first-order valence-corrected chi connectivity index (χ1v) is 7.22. The summed E-state index contributed by atoms with van der Waals surface area (Å²) in [5.74, 6) is 0.905. The van der Waals surface area contributed by atoms with Gasteiger partial charge in [0, 0.05) is 0 Å². The van der Waals surface area contributed by atoms with E-state index in [0.29, 0.717) is 17.9 Å². The number of hydrogen-bond donors (Lipinski definition) is 1. The predicted octanol–water partition coefficient (Wildman–Crippen LogP) is 2.77. The van der Waals surface area contributed by atoms with Crippen molar-refractivity contribution in [2.24, 2.45) is 0 Å². The predicted molar refractivity (Wildman–Crippen MR) is 85.9 cm³/mol. The van der Waals surface area contributed by atoms with Crippen molar-refractivity contribution in [2.75, 3.05) is 0 Å². The summed E-state index contributed by atoms with van der Waals surface area (Å²) in [4.78, 5) is 23.8. The molecule has 0 bridgehead atoms. The van der Waals surface area contributed by atoms with Gasteiger partial charge in [0.05, 0.1) is 28.5 Å². The Hall–Kier alpha value is -3.02. The minimum atomic E-state index is -0.450. The molecular weight excluding hydrogens is 295 g/mol. The number of imidazole rings is 1. The third-order valence-corrected chi connectivity index (χ3v) is 3.87. The highest BCUT2D eigenvalue weighted by Gasteiger charge is 2.10. The van der Waals surface area contributed by atoms with Crippen LogP contribution in [0.25, 0.3) is 21.9 Å². The van der Waals surface area contributed by atoms with Crippen LogP contribution in [0.3, 0.4) is 0 Å². The zero-order valence-electron chi connectivity index (χ0n) is 12.4. The topological polar surface area (TPSA) is 63.6 Å². The maximum Gasteiger partial charge on any atom is 0.258 e. The van der Waals surface area contributed by atoms with Crippen molar-refractivity contribution in [3.05, 3.63) is 70.3 Å². The smallest absolute Gasteiger partial charge is 0.258 e. The second kappa shape index (κ2) is 5.01. The fourth-order valence-electron chi connectivity index (χ4n) is 2.78. The monoisotopic (exact) mass is 308 g/mol. The number of aromatic amines is 1. The van der Waals surface area contributed by atoms with Crippen LogP contribution in [0.1, 0.15) is 11.6 Å². The lowest BCUT2D eigenvalue weighted by Crippen LogP contribution is -2.15. The molecule has 2 aromatic heterocycles. The van der Waals surface area contributed by atoms with E-state index in [1.54, 1.807) is 0 Å². The van der Waals surface area contributed by atoms with Crippen molar-refractivity contribution in [3.63, 3.8) is 0 Å². The summed E-state index contributed by atoms with van der Waals surface area (Å²) in [6.45, 7) is 2.31. The van der Waals surface area contributed by atoms with E-state index in [4.69, 9.17) is 0 Å². The van der Waals surface area contributed by atoms with E-state index in [9.17, 15) is 9.18 Å². The van der Waals surface area contributed by atoms with Crippen LogP contribution in [-0.4, -0.2) is 19.5 Å². The molecule has 0 spiro atoms. The van der Waals surface area contributed by atoms with Gasteiger partial charge in [-0.05, 0) is 37.3 Å². The SMILES string of the molecule is Cc1nc2ccccc2n1Cc1nc2ccc(F)cc2c(=O)[nH]1. The largest absolute Gasteiger partial charge is 0.321 e. The number of nitrogens with zero attached hydrogens (tertiary/aromatic N) is 3. The number of nitrogens with one attached hydrogen (secondary N) is 1. The molecule has 0 aliphatic carbocycles. The minimum absolute atomic E-state index is 0.251. The average Bonchev–Trinajstić information content (AvgIpc) is 2.84. The molecule has 0 unspecified atom stereocenters. The van der Waals surface area contributed by atoms with Gasteiger partial charge in [0.25, 0.3) is 5.56 Å². The Morgan fingerprint density at radius 1 is 1.13 bits per heavy atom. The lowest BCUT2D eigenvalue weighted by Gasteiger charge is -2.07. The number of benzene rings is 2. The van der Waals surface area contributed by atoms with Crippen LogP contribution < -0.4 is 5.56 Å². The molecule has 6 heteroatoms. The molecule has 1 N–H and O–H groups in total. The zero-order chi connectivity index (χ0) is 16.0. The van der Waals surface area contributed by atoms with Gasteiger partial charge < -0.3 is 9.55 Å². The van der Waals surface area contributed by atoms with Crippen LogP contribution in [0.2, 0.25) is 0 Å². The molecule has 0 aliphatic heterocycles. The van der Waals surface area contributed by atoms with E-state index in [0.717, 1.165) is 16.9 Å². The number of halogens is 1. The molecule has 0 saturated heterocycles. The summed E-state index contributed by atoms with van der Waals surface area (Å²) in [6, 6.07) is 11.8. The molecule has 2 heterocycles. The zero-order valence-corrected chi connectivity index (χ0v) is 12.4. The van der Waals surface area contributed by atoms with Crippen molar-refractivity contribution in [1.82, 2.24) is 19.5 Å². The van der Waals surface area contributed by atoms with Crippen LogP contribution in [0, 0.1) is 12.7 Å². The molecule has 5 nitrogen and oxygen atoms in total. The van der Waals surface area contributed by atoms with Crippen LogP contribution in [0.15, 0.2) is 47.3 Å². The first kappa shape index (κ1) is 13.6. The number of fused-ring (bicyclic) bond motifs is 2. The van der Waals surface area contributed by atoms with Gasteiger partial charge in [-0.15, -0.1) is 0 Å². The van der Waals surface area contributed by atoms with E-state index in [-0.39, 0.29) is 10.9 Å². The van der Waals surface area contributed by atoms with Crippen LogP contribution in [0.5, 0.6) is 0 Å². The first-order chi connectivity index (χ1) is 11.1. The molecule has 0 atom stereocenters. The number of para-hydroxylation sites is 2. The van der Waals surface area contributed by atoms with E-state index >= 15 is 0 Å². The average molecular weight is 308 g/mol. The van der Waals surface area contributed by atoms with E-state index < -0.39 is 5.82 Å². The van der Waals surface area contributed by atoms with Crippen LogP contribution in [0.4, 0.5) is 4.39 Å². The summed E-state index contributed by atoms with van der Waals surface area (Å²) in [5, 5.41) is 0.251. The third kappa shape index (κ3) is 2.28. The van der Waals surface area contributed by atoms with Gasteiger partial charge in [0.2, 0.25) is 0 Å². The summed E-state index contributed by atoms with van der Waals surface area (Å²) in [5.41, 5.74) is 2.01. The number of aryl methyl sites for hydroxylation is 1. The second-order valence-corrected chi connectivity index (χ2v) is 5.41. The fourth-order valence-corrected chi connectivity index (χ4v) is 2.78. The number of rotatable bonds is 2. The number of aromatic nitrogens is 4. The van der Waals surface area contributed by atoms with Crippen LogP contribution in [-0.2, 0) is 6.54 Å². The van der Waals surface area contributed by atoms with Crippen LogP contribution >= 0.6 is 0 Å². The van der Waals surface area contributed by atoms with Crippen molar-refractivity contribution >= 4 is 21.9 Å². The molecule has 0 saturated carbocycles. The van der Waals surface area contributed by atoms with Gasteiger partial charge in [-0.2, -0.15) is 0 Å². The Kier molecular flexibility index (Phi) is 2.97. The summed E-state index contributed by atoms with van der Waals surface area (Å²) >= 11 is 0. The number of H-pyrrole nitrogens is 1. The highest BCUT2D eigenvalue weighted by atomic mass is 19.1. The molecule has 0 radical (unpaired) electrons. The Morgan fingerprint density at radius 2 is 1.96 bits per heavy atom. The van der Waals surface area contributed by atoms with Gasteiger partial charge in [0.1, 0.15) is 17.5 Å². The van der Waals surface area contributed by atoms with Crippen molar-refractivity contribution in [2.45, 2.75) is 13.5 Å². The molecule has 0 aliphatic rings. The standard InChI is InChI=1S/C17H13FN4O/c1-10-19-14-4-2-3-5-15(14)22(10)9-16-20-13-7-6-11(18)8-12(13)17(23)21-16/h2-8H,9H2,1H3,(H,20,21,23). The van der Waals surface area contributed by atoms with Gasteiger partial charge in [-0.3, -0.25) is 4.79 Å². The van der Waals surface area contributed by atoms with E-state index in [1.807, 2.05) is 35.8 Å². The minimum Gasteiger partial charge on any atom is -0.321 e. The number of hydrogen-bond acceptors (Lipinski definition) is 3. The molecule has 4 rings (SSSR count). The summed E-state index contributed by atoms with van der Waals surface area (Å²) in [6.07, 6.45) is 0. The molecule has 2 aromatic carbocycles. The molecule has 4 aromatic rings. The summed E-state index contributed by atoms with van der Waals surface area (Å²) in [7, 11) is 0. The third-order valence-electron chi connectivity index (χ3n) is 3.87. The normalized spacial score (nSPS) is 11.4. The first-order valence-electron chi connectivity index (χ1n) is 7.22. The second-order valence-electron chi connectivity index (χ2n) is 5.41. The maximum absolute atomic E-state index is 13.3. The lowest BCUT2D eigenvalue weighted by molar-refractivity contribution is 0.629. The van der Waals surface area contributed by atoms with Gasteiger partial charge in [-0.1, -0.05) is 12.1 Å². The Morgan fingerprint density at radius 3 is 2.83 bits per heavy atom. The highest BCUT2D eigenvalue weighted by Crippen LogP contribution is 2.17. The quantitative estimate of drug-likeness (QED) is 0.619. The lowest BCUT2D eigenvalue weighted by atomic mass is 10.2.